The molecule has 4 aromatic carbocycles. The molecular weight excluding hydrogens is 622 g/mol. The third-order valence-electron chi connectivity index (χ3n) is 9.61. The van der Waals surface area contributed by atoms with Crippen molar-refractivity contribution >= 4 is 17.8 Å². The van der Waals surface area contributed by atoms with Crippen LogP contribution in [-0.4, -0.2) is 85.4 Å². The molecule has 7 heteroatoms. The second-order valence-corrected chi connectivity index (χ2v) is 13.4. The Balaban J connectivity index is 0.991. The minimum Gasteiger partial charge on any atom is -0.462 e. The lowest BCUT2D eigenvalue weighted by molar-refractivity contribution is -0.150. The number of piperidine rings is 1. The van der Waals surface area contributed by atoms with Crippen LogP contribution in [0.3, 0.4) is 0 Å². The number of likely N-dealkylation sites (tertiary alicyclic amines) is 1. The van der Waals surface area contributed by atoms with E-state index >= 15 is 0 Å². The molecule has 7 nitrogen and oxygen atoms in total. The molecule has 0 aliphatic carbocycles. The van der Waals surface area contributed by atoms with E-state index in [-0.39, 0.29) is 30.3 Å². The van der Waals surface area contributed by atoms with Crippen LogP contribution in [0.1, 0.15) is 70.0 Å². The minimum atomic E-state index is -0.182. The third-order valence-corrected chi connectivity index (χ3v) is 9.61. The van der Waals surface area contributed by atoms with Gasteiger partial charge in [0.25, 0.3) is 11.8 Å². The van der Waals surface area contributed by atoms with Crippen LogP contribution in [0.5, 0.6) is 0 Å². The first-order valence-corrected chi connectivity index (χ1v) is 18.0. The highest BCUT2D eigenvalue weighted by Gasteiger charge is 2.23. The Bertz CT molecular complexity index is 1680. The average Bonchev–Trinajstić information content (AvgIpc) is 3.15. The van der Waals surface area contributed by atoms with Gasteiger partial charge >= 0.3 is 5.97 Å². The summed E-state index contributed by atoms with van der Waals surface area (Å²) in [4.78, 5) is 44.4. The molecule has 1 aliphatic rings. The fourth-order valence-electron chi connectivity index (χ4n) is 6.60. The number of carbonyl (C=O) groups excluding carboxylic acids is 3. The van der Waals surface area contributed by atoms with E-state index in [1.807, 2.05) is 74.8 Å². The number of benzene rings is 4. The summed E-state index contributed by atoms with van der Waals surface area (Å²) < 4.78 is 5.90. The molecule has 1 saturated heterocycles. The molecule has 0 radical (unpaired) electrons. The van der Waals surface area contributed by atoms with Crippen molar-refractivity contribution in [3.63, 3.8) is 0 Å². The summed E-state index contributed by atoms with van der Waals surface area (Å²) >= 11 is 0. The van der Waals surface area contributed by atoms with Crippen LogP contribution < -0.4 is 0 Å². The van der Waals surface area contributed by atoms with Crippen molar-refractivity contribution in [3.8, 4) is 11.1 Å². The molecule has 0 spiro atoms. The zero-order valence-corrected chi connectivity index (χ0v) is 29.9. The van der Waals surface area contributed by atoms with E-state index in [4.69, 9.17) is 4.74 Å². The molecule has 0 atom stereocenters. The summed E-state index contributed by atoms with van der Waals surface area (Å²) in [5, 5.41) is 0. The lowest BCUT2D eigenvalue weighted by Gasteiger charge is -2.32. The molecule has 1 heterocycles. The summed E-state index contributed by atoms with van der Waals surface area (Å²) in [6.45, 7) is 5.94. The highest BCUT2D eigenvalue weighted by molar-refractivity contribution is 5.94. The second-order valence-electron chi connectivity index (χ2n) is 13.4. The van der Waals surface area contributed by atoms with Gasteiger partial charge in [0.1, 0.15) is 6.10 Å². The quantitative estimate of drug-likeness (QED) is 0.124. The molecule has 0 N–H and O–H groups in total. The van der Waals surface area contributed by atoms with Crippen molar-refractivity contribution in [2.75, 3.05) is 46.8 Å². The summed E-state index contributed by atoms with van der Waals surface area (Å²) in [7, 11) is 3.71. The minimum absolute atomic E-state index is 0.0235. The number of aryl methyl sites for hydroxylation is 2. The molecule has 0 bridgehead atoms. The molecule has 0 aromatic heterocycles. The summed E-state index contributed by atoms with van der Waals surface area (Å²) in [6.07, 6.45) is 5.58. The lowest BCUT2D eigenvalue weighted by Crippen LogP contribution is -2.42. The van der Waals surface area contributed by atoms with Gasteiger partial charge in [0.15, 0.2) is 0 Å². The van der Waals surface area contributed by atoms with Gasteiger partial charge in [0, 0.05) is 57.9 Å². The van der Waals surface area contributed by atoms with Crippen LogP contribution in [0.15, 0.2) is 103 Å². The molecule has 2 amide bonds. The largest absolute Gasteiger partial charge is 0.462 e. The maximum Gasteiger partial charge on any atom is 0.310 e. The van der Waals surface area contributed by atoms with E-state index in [2.05, 4.69) is 54.3 Å². The standard InChI is InChI=1S/C43H51N3O4/c1-4-27-44(2)42(48)36-21-17-33(18-22-36)11-10-12-34-19-23-37(24-20-34)43(49)45(3)30-31-46-28-25-39(26-29-46)50-41(47)32-38-15-8-9-16-40(38)35-13-6-5-7-14-35/h5-9,13-24,39H,4,10-12,25-32H2,1-3H3. The van der Waals surface area contributed by atoms with Crippen molar-refractivity contribution in [2.45, 2.75) is 58.0 Å². The maximum absolute atomic E-state index is 13.1. The highest BCUT2D eigenvalue weighted by Crippen LogP contribution is 2.25. The smallest absolute Gasteiger partial charge is 0.310 e. The van der Waals surface area contributed by atoms with Crippen LogP contribution in [0.4, 0.5) is 0 Å². The number of esters is 1. The SMILES string of the molecule is CCCN(C)C(=O)c1ccc(CCCc2ccc(C(=O)N(C)CCN3CCC(OC(=O)Cc4ccccc4-c4ccccc4)CC3)cc2)cc1. The van der Waals surface area contributed by atoms with Crippen LogP contribution in [0.2, 0.25) is 0 Å². The van der Waals surface area contributed by atoms with Gasteiger partial charge in [-0.1, -0.05) is 85.8 Å². The normalized spacial score (nSPS) is 13.5. The van der Waals surface area contributed by atoms with E-state index in [1.54, 1.807) is 9.80 Å². The monoisotopic (exact) mass is 673 g/mol. The fourth-order valence-corrected chi connectivity index (χ4v) is 6.60. The first-order valence-electron chi connectivity index (χ1n) is 18.0. The molecule has 0 saturated carbocycles. The lowest BCUT2D eigenvalue weighted by atomic mass is 9.98. The predicted octanol–water partition coefficient (Wildman–Crippen LogP) is 7.33. The van der Waals surface area contributed by atoms with Crippen molar-refractivity contribution in [3.05, 3.63) is 131 Å². The van der Waals surface area contributed by atoms with Gasteiger partial charge in [-0.15, -0.1) is 0 Å². The Kier molecular flexibility index (Phi) is 13.4. The third kappa shape index (κ3) is 10.4. The van der Waals surface area contributed by atoms with E-state index < -0.39 is 0 Å². The number of nitrogens with zero attached hydrogens (tertiary/aromatic N) is 3. The van der Waals surface area contributed by atoms with Crippen LogP contribution >= 0.6 is 0 Å². The number of ether oxygens (including phenoxy) is 1. The zero-order chi connectivity index (χ0) is 35.3. The van der Waals surface area contributed by atoms with E-state index in [9.17, 15) is 14.4 Å². The molecule has 262 valence electrons. The van der Waals surface area contributed by atoms with E-state index in [0.29, 0.717) is 12.1 Å². The number of carbonyl (C=O) groups is 3. The Labute approximate surface area is 297 Å². The van der Waals surface area contributed by atoms with Crippen molar-refractivity contribution in [1.82, 2.24) is 14.7 Å². The van der Waals surface area contributed by atoms with Gasteiger partial charge in [-0.05, 0) is 90.6 Å². The Morgan fingerprint density at radius 3 is 1.82 bits per heavy atom. The Hall–Kier alpha value is -4.75. The molecular formula is C43H51N3O4. The first kappa shape index (κ1) is 36.5. The second kappa shape index (κ2) is 18.3. The number of amides is 2. The number of rotatable bonds is 15. The molecule has 4 aromatic rings. The Morgan fingerprint density at radius 2 is 1.24 bits per heavy atom. The molecule has 1 fully saturated rings. The number of hydrogen-bond donors (Lipinski definition) is 0. The van der Waals surface area contributed by atoms with Gasteiger partial charge in [-0.25, -0.2) is 0 Å². The number of likely N-dealkylation sites (N-methyl/N-ethyl adjacent to an activating group) is 1. The van der Waals surface area contributed by atoms with Crippen molar-refractivity contribution in [1.29, 1.82) is 0 Å². The molecule has 0 unspecified atom stereocenters. The summed E-state index contributed by atoms with van der Waals surface area (Å²) in [5.74, 6) is -0.0930. The molecule has 5 rings (SSSR count). The van der Waals surface area contributed by atoms with Crippen LogP contribution in [0.25, 0.3) is 11.1 Å². The fraction of sp³-hybridized carbons (Fsp3) is 0.372. The van der Waals surface area contributed by atoms with E-state index in [0.717, 1.165) is 87.0 Å². The number of hydrogen-bond acceptors (Lipinski definition) is 5. The Morgan fingerprint density at radius 1 is 0.700 bits per heavy atom. The average molecular weight is 674 g/mol. The van der Waals surface area contributed by atoms with Crippen LogP contribution in [-0.2, 0) is 28.8 Å². The van der Waals surface area contributed by atoms with Gasteiger partial charge in [0.05, 0.1) is 6.42 Å². The topological polar surface area (TPSA) is 70.2 Å². The molecule has 1 aliphatic heterocycles. The summed E-state index contributed by atoms with van der Waals surface area (Å²) in [6, 6.07) is 34.1. The molecule has 50 heavy (non-hydrogen) atoms. The van der Waals surface area contributed by atoms with Crippen LogP contribution in [0, 0.1) is 0 Å². The van der Waals surface area contributed by atoms with Gasteiger partial charge in [0.2, 0.25) is 0 Å². The summed E-state index contributed by atoms with van der Waals surface area (Å²) in [5.41, 5.74) is 7.00. The van der Waals surface area contributed by atoms with Gasteiger partial charge in [-0.3, -0.25) is 14.4 Å². The highest BCUT2D eigenvalue weighted by atomic mass is 16.5. The first-order chi connectivity index (χ1) is 24.3. The van der Waals surface area contributed by atoms with Gasteiger partial charge < -0.3 is 19.4 Å². The van der Waals surface area contributed by atoms with Gasteiger partial charge in [-0.2, -0.15) is 0 Å². The predicted molar refractivity (Wildman–Crippen MR) is 200 cm³/mol. The zero-order valence-electron chi connectivity index (χ0n) is 29.9. The van der Waals surface area contributed by atoms with E-state index in [1.165, 1.54) is 11.1 Å². The van der Waals surface area contributed by atoms with Crippen molar-refractivity contribution < 1.29 is 19.1 Å². The van der Waals surface area contributed by atoms with Crippen molar-refractivity contribution in [2.24, 2.45) is 0 Å². The maximum atomic E-state index is 13.1.